The van der Waals surface area contributed by atoms with E-state index >= 15 is 0 Å². The number of unbranched alkanes of at least 4 members (excludes halogenated alkanes) is 3. The molecule has 15 nitrogen and oxygen atoms in total. The lowest BCUT2D eigenvalue weighted by Gasteiger charge is -2.37. The molecule has 5 aromatic carbocycles. The van der Waals surface area contributed by atoms with Gasteiger partial charge in [0.25, 0.3) is 11.6 Å². The highest BCUT2D eigenvalue weighted by molar-refractivity contribution is 7.99. The highest BCUT2D eigenvalue weighted by atomic mass is 35.5. The van der Waals surface area contributed by atoms with E-state index in [0.29, 0.717) is 55.2 Å². The van der Waals surface area contributed by atoms with Gasteiger partial charge in [-0.1, -0.05) is 79.0 Å². The first-order valence-electron chi connectivity index (χ1n) is 22.6. The number of nitrogens with one attached hydrogen (secondary N) is 4. The molecule has 360 valence electrons. The van der Waals surface area contributed by atoms with E-state index in [2.05, 4.69) is 42.2 Å². The summed E-state index contributed by atoms with van der Waals surface area (Å²) in [6, 6.07) is 35.2. The number of amides is 3. The standard InChI is InChI=1S/C50H59ClN8O7S2/c1-56(2)27-26-40(35-67-41-13-6-5-7-14-41)52-44-24-23-42(33-47(44)59(64)65)68(66)55-50(62)37-20-25-46(45(32-37)53-48(60)16-8-3-4-9-17-49(61)54-63)58-30-28-57(29-31-58)34-38-12-10-11-15-43(38)36-18-21-39(51)22-19-36/h5-7,10-15,18-25,32-33,40,52,63H,3-4,8-9,16-17,26-31,34-35H2,1-2H3,(H,53,60)(H,54,61)(H,55,62). The Labute approximate surface area is 409 Å². The predicted molar refractivity (Wildman–Crippen MR) is 272 cm³/mol. The first kappa shape index (κ1) is 51.6. The number of halogens is 1. The second-order valence-corrected chi connectivity index (χ2v) is 19.6. The fourth-order valence-corrected chi connectivity index (χ4v) is 9.78. The minimum Gasteiger partial charge on any atom is -0.376 e. The summed E-state index contributed by atoms with van der Waals surface area (Å²) >= 11 is 7.82. The molecule has 1 fully saturated rings. The number of anilines is 3. The second-order valence-electron chi connectivity index (χ2n) is 16.8. The van der Waals surface area contributed by atoms with Gasteiger partial charge in [-0.15, -0.1) is 11.8 Å². The molecule has 1 aliphatic heterocycles. The van der Waals surface area contributed by atoms with Crippen molar-refractivity contribution < 1.29 is 28.7 Å². The first-order valence-corrected chi connectivity index (χ1v) is 25.2. The van der Waals surface area contributed by atoms with Crippen molar-refractivity contribution in [1.82, 2.24) is 20.0 Å². The Balaban J connectivity index is 1.14. The molecule has 3 amide bonds. The molecule has 2 unspecified atom stereocenters. The summed E-state index contributed by atoms with van der Waals surface area (Å²) in [6.07, 6.45) is 3.69. The Morgan fingerprint density at radius 3 is 2.22 bits per heavy atom. The Morgan fingerprint density at radius 2 is 1.53 bits per heavy atom. The van der Waals surface area contributed by atoms with E-state index in [0.717, 1.165) is 54.3 Å². The van der Waals surface area contributed by atoms with Crippen LogP contribution in [0.25, 0.3) is 11.1 Å². The smallest absolute Gasteiger partial charge is 0.293 e. The van der Waals surface area contributed by atoms with Gasteiger partial charge >= 0.3 is 0 Å². The van der Waals surface area contributed by atoms with Crippen molar-refractivity contribution in [2.24, 2.45) is 0 Å². The number of hydrogen-bond acceptors (Lipinski definition) is 12. The minimum absolute atomic E-state index is 0.0508. The zero-order valence-corrected chi connectivity index (χ0v) is 40.7. The van der Waals surface area contributed by atoms with Crippen LogP contribution in [0.2, 0.25) is 5.02 Å². The maximum Gasteiger partial charge on any atom is 0.293 e. The number of nitro benzene ring substituents is 1. The van der Waals surface area contributed by atoms with E-state index in [1.165, 1.54) is 23.8 Å². The van der Waals surface area contributed by atoms with E-state index in [-0.39, 0.29) is 46.6 Å². The molecule has 0 aromatic heterocycles. The Hall–Kier alpha value is -5.82. The molecule has 2 atom stereocenters. The molecule has 18 heteroatoms. The van der Waals surface area contributed by atoms with E-state index < -0.39 is 27.7 Å². The highest BCUT2D eigenvalue weighted by Gasteiger charge is 2.25. The number of hydroxylamine groups is 1. The molecule has 0 radical (unpaired) electrons. The summed E-state index contributed by atoms with van der Waals surface area (Å²) in [6.45, 7) is 4.27. The summed E-state index contributed by atoms with van der Waals surface area (Å²) in [5.41, 5.74) is 6.38. The average molecular weight is 984 g/mol. The maximum atomic E-state index is 13.8. The monoisotopic (exact) mass is 982 g/mol. The number of carbonyl (C=O) groups excluding carboxylic acids is 3. The van der Waals surface area contributed by atoms with Crippen LogP contribution in [-0.2, 0) is 27.1 Å². The normalized spacial score (nSPS) is 13.7. The highest BCUT2D eigenvalue weighted by Crippen LogP contribution is 2.32. The van der Waals surface area contributed by atoms with E-state index in [1.807, 2.05) is 80.8 Å². The third-order valence-electron chi connectivity index (χ3n) is 11.5. The van der Waals surface area contributed by atoms with Crippen molar-refractivity contribution in [3.63, 3.8) is 0 Å². The van der Waals surface area contributed by atoms with Crippen molar-refractivity contribution in [1.29, 1.82) is 0 Å². The average Bonchev–Trinajstić information content (AvgIpc) is 3.34. The molecule has 0 saturated carbocycles. The fourth-order valence-electron chi connectivity index (χ4n) is 7.85. The first-order chi connectivity index (χ1) is 32.9. The molecule has 1 aliphatic rings. The van der Waals surface area contributed by atoms with Crippen molar-refractivity contribution >= 4 is 74.8 Å². The molecule has 1 saturated heterocycles. The number of rotatable bonds is 24. The van der Waals surface area contributed by atoms with E-state index in [1.54, 1.807) is 35.4 Å². The topological polar surface area (TPSA) is 189 Å². The zero-order chi connectivity index (χ0) is 48.4. The van der Waals surface area contributed by atoms with Gasteiger partial charge in [0.1, 0.15) is 5.69 Å². The maximum absolute atomic E-state index is 13.8. The molecule has 0 aliphatic carbocycles. The Kier molecular flexibility index (Phi) is 19.8. The van der Waals surface area contributed by atoms with Crippen LogP contribution < -0.4 is 25.7 Å². The van der Waals surface area contributed by atoms with Crippen LogP contribution in [0.4, 0.5) is 22.7 Å². The molecular formula is C50H59ClN8O7S2. The second kappa shape index (κ2) is 26.1. The lowest BCUT2D eigenvalue weighted by atomic mass is 9.99. The molecule has 0 spiro atoms. The van der Waals surface area contributed by atoms with Crippen LogP contribution >= 0.6 is 23.4 Å². The number of hydrogen-bond donors (Lipinski definition) is 5. The lowest BCUT2D eigenvalue weighted by molar-refractivity contribution is -0.384. The van der Waals surface area contributed by atoms with Gasteiger partial charge in [0.15, 0.2) is 11.0 Å². The number of carbonyl (C=O) groups is 3. The van der Waals surface area contributed by atoms with E-state index in [4.69, 9.17) is 16.8 Å². The minimum atomic E-state index is -2.16. The summed E-state index contributed by atoms with van der Waals surface area (Å²) in [7, 11) is 1.78. The molecule has 68 heavy (non-hydrogen) atoms. The third kappa shape index (κ3) is 15.6. The Bertz CT molecular complexity index is 2510. The molecule has 6 rings (SSSR count). The van der Waals surface area contributed by atoms with Gasteiger partial charge in [-0.3, -0.25) is 39.3 Å². The number of nitrogens with zero attached hydrogens (tertiary/aromatic N) is 4. The van der Waals surface area contributed by atoms with Crippen LogP contribution in [0.5, 0.6) is 0 Å². The van der Waals surface area contributed by atoms with Crippen molar-refractivity contribution in [3.8, 4) is 11.1 Å². The van der Waals surface area contributed by atoms with Crippen LogP contribution in [0.1, 0.15) is 60.9 Å². The number of thioether (sulfide) groups is 1. The van der Waals surface area contributed by atoms with Gasteiger partial charge in [-0.05, 0) is 111 Å². The lowest BCUT2D eigenvalue weighted by Crippen LogP contribution is -2.46. The fraction of sp³-hybridized carbons (Fsp3) is 0.340. The van der Waals surface area contributed by atoms with Crippen molar-refractivity contribution in [2.75, 3.05) is 68.1 Å². The van der Waals surface area contributed by atoms with Crippen molar-refractivity contribution in [3.05, 3.63) is 142 Å². The third-order valence-corrected chi connectivity index (χ3v) is 14.0. The Morgan fingerprint density at radius 1 is 0.838 bits per heavy atom. The quantitative estimate of drug-likeness (QED) is 0.0130. The van der Waals surface area contributed by atoms with Gasteiger partial charge in [-0.25, -0.2) is 9.69 Å². The summed E-state index contributed by atoms with van der Waals surface area (Å²) < 4.78 is 16.2. The predicted octanol–water partition coefficient (Wildman–Crippen LogP) is 9.00. The molecule has 5 N–H and O–H groups in total. The van der Waals surface area contributed by atoms with E-state index in [9.17, 15) is 28.7 Å². The van der Waals surface area contributed by atoms with Gasteiger partial charge in [0.05, 0.1) is 21.2 Å². The van der Waals surface area contributed by atoms with Crippen LogP contribution in [0.15, 0.2) is 125 Å². The molecular weight excluding hydrogens is 924 g/mol. The van der Waals surface area contributed by atoms with Gasteiger partial charge in [0, 0.05) is 78.9 Å². The van der Waals surface area contributed by atoms with Gasteiger partial charge in [-0.2, -0.15) is 0 Å². The zero-order valence-electron chi connectivity index (χ0n) is 38.3. The van der Waals surface area contributed by atoms with Gasteiger partial charge < -0.3 is 20.4 Å². The van der Waals surface area contributed by atoms with Crippen molar-refractivity contribution in [2.45, 2.75) is 67.3 Å². The van der Waals surface area contributed by atoms with Crippen LogP contribution in [0, 0.1) is 10.1 Å². The number of piperazine rings is 1. The molecule has 5 aromatic rings. The van der Waals surface area contributed by atoms with Crippen LogP contribution in [-0.4, -0.2) is 100 Å². The summed E-state index contributed by atoms with van der Waals surface area (Å²) in [5.74, 6) is -0.730. The summed E-state index contributed by atoms with van der Waals surface area (Å²) in [4.78, 5) is 58.1. The molecule has 0 bridgehead atoms. The van der Waals surface area contributed by atoms with Crippen LogP contribution in [0.3, 0.4) is 0 Å². The number of benzene rings is 5. The SMILES string of the molecule is CN(C)CCC(CSc1ccccc1)Nc1ccc(S(=O)NC(=O)c2ccc(N3CCN(Cc4ccccc4-c4ccc(Cl)cc4)CC3)c(NC(=O)CCCCCCC(=O)NO)c2)cc1[N+](=O)[O-]. The number of nitro groups is 1. The largest absolute Gasteiger partial charge is 0.376 e. The summed E-state index contributed by atoms with van der Waals surface area (Å²) in [5, 5.41) is 28.2. The molecule has 1 heterocycles. The van der Waals surface area contributed by atoms with Gasteiger partial charge in [0.2, 0.25) is 11.8 Å².